The Morgan fingerprint density at radius 1 is 1.12 bits per heavy atom. The highest BCUT2D eigenvalue weighted by Gasteiger charge is 2.10. The first-order valence-electron chi connectivity index (χ1n) is 7.06. The third-order valence-electron chi connectivity index (χ3n) is 2.97. The van der Waals surface area contributed by atoms with Crippen LogP contribution in [-0.2, 0) is 9.59 Å². The number of aliphatic carboxylic acids is 1. The van der Waals surface area contributed by atoms with Crippen molar-refractivity contribution in [2.75, 3.05) is 23.8 Å². The Hall–Kier alpha value is -3.53. The van der Waals surface area contributed by atoms with Gasteiger partial charge in [-0.1, -0.05) is 18.2 Å². The first-order chi connectivity index (χ1) is 11.6. The highest BCUT2D eigenvalue weighted by Crippen LogP contribution is 2.23. The van der Waals surface area contributed by atoms with Gasteiger partial charge in [0.15, 0.2) is 6.61 Å². The number of carboxylic acids is 1. The molecular weight excluding hydrogens is 310 g/mol. The van der Waals surface area contributed by atoms with E-state index in [4.69, 9.17) is 15.1 Å². The SMILES string of the molecule is N#Cc1ccc(NCC(=O)O)c(NC(=O)COc2ccccc2)c1. The topological polar surface area (TPSA) is 111 Å². The normalized spacial score (nSPS) is 9.62. The molecule has 0 heterocycles. The average Bonchev–Trinajstić information content (AvgIpc) is 2.59. The molecule has 0 aliphatic heterocycles. The standard InChI is InChI=1S/C17H15N3O4/c18-9-12-6-7-14(19-10-17(22)23)15(8-12)20-16(21)11-24-13-4-2-1-3-5-13/h1-8,19H,10-11H2,(H,20,21)(H,22,23). The van der Waals surface area contributed by atoms with Crippen molar-refractivity contribution in [1.82, 2.24) is 0 Å². The molecule has 7 heteroatoms. The van der Waals surface area contributed by atoms with E-state index in [1.165, 1.54) is 18.2 Å². The summed E-state index contributed by atoms with van der Waals surface area (Å²) in [5.41, 5.74) is 1.07. The van der Waals surface area contributed by atoms with Crippen molar-refractivity contribution in [1.29, 1.82) is 5.26 Å². The Labute approximate surface area is 138 Å². The number of rotatable bonds is 7. The lowest BCUT2D eigenvalue weighted by molar-refractivity contribution is -0.134. The number of hydrogen-bond acceptors (Lipinski definition) is 5. The summed E-state index contributed by atoms with van der Waals surface area (Å²) in [6.07, 6.45) is 0. The van der Waals surface area contributed by atoms with Gasteiger partial charge < -0.3 is 20.5 Å². The summed E-state index contributed by atoms with van der Waals surface area (Å²) < 4.78 is 5.34. The Bertz CT molecular complexity index is 769. The highest BCUT2D eigenvalue weighted by atomic mass is 16.5. The van der Waals surface area contributed by atoms with Crippen molar-refractivity contribution >= 4 is 23.3 Å². The molecule has 0 spiro atoms. The zero-order valence-corrected chi connectivity index (χ0v) is 12.7. The van der Waals surface area contributed by atoms with Crippen molar-refractivity contribution in [3.05, 3.63) is 54.1 Å². The fourth-order valence-electron chi connectivity index (χ4n) is 1.89. The predicted molar refractivity (Wildman–Crippen MR) is 87.8 cm³/mol. The second-order valence-corrected chi connectivity index (χ2v) is 4.77. The zero-order chi connectivity index (χ0) is 17.4. The Kier molecular flexibility index (Phi) is 5.75. The van der Waals surface area contributed by atoms with Crippen LogP contribution in [0, 0.1) is 11.3 Å². The van der Waals surface area contributed by atoms with Crippen molar-refractivity contribution in [2.45, 2.75) is 0 Å². The second kappa shape index (κ2) is 8.19. The number of nitrogens with zero attached hydrogens (tertiary/aromatic N) is 1. The summed E-state index contributed by atoms with van der Waals surface area (Å²) >= 11 is 0. The molecule has 1 amide bonds. The lowest BCUT2D eigenvalue weighted by Gasteiger charge is -2.13. The van der Waals surface area contributed by atoms with Crippen LogP contribution < -0.4 is 15.4 Å². The van der Waals surface area contributed by atoms with Crippen LogP contribution in [0.5, 0.6) is 5.75 Å². The van der Waals surface area contributed by atoms with Gasteiger partial charge in [-0.25, -0.2) is 0 Å². The molecule has 0 unspecified atom stereocenters. The quantitative estimate of drug-likeness (QED) is 0.718. The van der Waals surface area contributed by atoms with E-state index in [1.807, 2.05) is 12.1 Å². The summed E-state index contributed by atoms with van der Waals surface area (Å²) in [4.78, 5) is 22.7. The van der Waals surface area contributed by atoms with Crippen LogP contribution in [0.3, 0.4) is 0 Å². The molecule has 0 saturated heterocycles. The molecule has 0 saturated carbocycles. The summed E-state index contributed by atoms with van der Waals surface area (Å²) in [5, 5.41) is 23.0. The van der Waals surface area contributed by atoms with E-state index >= 15 is 0 Å². The van der Waals surface area contributed by atoms with Crippen LogP contribution in [0.1, 0.15) is 5.56 Å². The number of amides is 1. The molecule has 0 aliphatic carbocycles. The minimum atomic E-state index is -1.04. The first-order valence-corrected chi connectivity index (χ1v) is 7.06. The van der Waals surface area contributed by atoms with Gasteiger partial charge in [-0.2, -0.15) is 5.26 Å². The van der Waals surface area contributed by atoms with Crippen LogP contribution in [0.4, 0.5) is 11.4 Å². The van der Waals surface area contributed by atoms with E-state index in [0.29, 0.717) is 22.7 Å². The smallest absolute Gasteiger partial charge is 0.322 e. The Balaban J connectivity index is 2.04. The molecular formula is C17H15N3O4. The Morgan fingerprint density at radius 2 is 1.88 bits per heavy atom. The van der Waals surface area contributed by atoms with Gasteiger partial charge in [-0.3, -0.25) is 9.59 Å². The number of nitriles is 1. The molecule has 24 heavy (non-hydrogen) atoms. The van der Waals surface area contributed by atoms with Gasteiger partial charge in [0.05, 0.1) is 23.0 Å². The van der Waals surface area contributed by atoms with Crippen LogP contribution in [-0.4, -0.2) is 30.1 Å². The molecule has 0 aromatic heterocycles. The number of carbonyl (C=O) groups is 2. The number of ether oxygens (including phenoxy) is 1. The number of anilines is 2. The van der Waals surface area contributed by atoms with E-state index in [9.17, 15) is 9.59 Å². The number of nitrogens with one attached hydrogen (secondary N) is 2. The number of carbonyl (C=O) groups excluding carboxylic acids is 1. The highest BCUT2D eigenvalue weighted by molar-refractivity contribution is 5.95. The zero-order valence-electron chi connectivity index (χ0n) is 12.7. The molecule has 0 radical (unpaired) electrons. The maximum atomic E-state index is 12.0. The summed E-state index contributed by atoms with van der Waals surface area (Å²) in [5.74, 6) is -0.904. The lowest BCUT2D eigenvalue weighted by atomic mass is 10.2. The van der Waals surface area contributed by atoms with E-state index in [2.05, 4.69) is 10.6 Å². The number of hydrogen-bond donors (Lipinski definition) is 3. The van der Waals surface area contributed by atoms with E-state index in [1.54, 1.807) is 24.3 Å². The number of para-hydroxylation sites is 1. The fraction of sp³-hybridized carbons (Fsp3) is 0.118. The largest absolute Gasteiger partial charge is 0.484 e. The van der Waals surface area contributed by atoms with Crippen LogP contribution in [0.2, 0.25) is 0 Å². The molecule has 0 bridgehead atoms. The van der Waals surface area contributed by atoms with Gasteiger partial charge in [-0.15, -0.1) is 0 Å². The maximum absolute atomic E-state index is 12.0. The van der Waals surface area contributed by atoms with Crippen LogP contribution >= 0.6 is 0 Å². The van der Waals surface area contributed by atoms with Gasteiger partial charge in [0, 0.05) is 0 Å². The predicted octanol–water partition coefficient (Wildman–Crippen LogP) is 2.07. The van der Waals surface area contributed by atoms with Crippen molar-refractivity contribution in [3.63, 3.8) is 0 Å². The molecule has 2 rings (SSSR count). The monoisotopic (exact) mass is 325 g/mol. The summed E-state index contributed by atoms with van der Waals surface area (Å²) in [6, 6.07) is 15.4. The van der Waals surface area contributed by atoms with Gasteiger partial charge in [0.25, 0.3) is 5.91 Å². The van der Waals surface area contributed by atoms with Crippen molar-refractivity contribution in [3.8, 4) is 11.8 Å². The third-order valence-corrected chi connectivity index (χ3v) is 2.97. The van der Waals surface area contributed by atoms with Gasteiger partial charge in [0.2, 0.25) is 0 Å². The molecule has 3 N–H and O–H groups in total. The van der Waals surface area contributed by atoms with Gasteiger partial charge in [0.1, 0.15) is 12.3 Å². The average molecular weight is 325 g/mol. The van der Waals surface area contributed by atoms with E-state index in [-0.39, 0.29) is 13.2 Å². The minimum absolute atomic E-state index is 0.209. The minimum Gasteiger partial charge on any atom is -0.484 e. The molecule has 0 atom stereocenters. The molecule has 2 aromatic rings. The van der Waals surface area contributed by atoms with Crippen molar-refractivity contribution in [2.24, 2.45) is 0 Å². The van der Waals surface area contributed by atoms with Crippen LogP contribution in [0.15, 0.2) is 48.5 Å². The lowest BCUT2D eigenvalue weighted by Crippen LogP contribution is -2.21. The number of carboxylic acid groups (broad SMARTS) is 1. The first kappa shape index (κ1) is 16.8. The summed E-state index contributed by atoms with van der Waals surface area (Å²) in [6.45, 7) is -0.519. The molecule has 2 aromatic carbocycles. The molecule has 7 nitrogen and oxygen atoms in total. The third kappa shape index (κ3) is 5.03. The van der Waals surface area contributed by atoms with Crippen LogP contribution in [0.25, 0.3) is 0 Å². The van der Waals surface area contributed by atoms with Gasteiger partial charge >= 0.3 is 5.97 Å². The van der Waals surface area contributed by atoms with Gasteiger partial charge in [-0.05, 0) is 30.3 Å². The molecule has 0 aliphatic rings. The number of benzene rings is 2. The van der Waals surface area contributed by atoms with E-state index < -0.39 is 11.9 Å². The molecule has 122 valence electrons. The second-order valence-electron chi connectivity index (χ2n) is 4.77. The van der Waals surface area contributed by atoms with Crippen molar-refractivity contribution < 1.29 is 19.4 Å². The summed E-state index contributed by atoms with van der Waals surface area (Å²) in [7, 11) is 0. The van der Waals surface area contributed by atoms with E-state index in [0.717, 1.165) is 0 Å². The Morgan fingerprint density at radius 3 is 2.54 bits per heavy atom. The maximum Gasteiger partial charge on any atom is 0.322 e. The fourth-order valence-corrected chi connectivity index (χ4v) is 1.89. The molecule has 0 fully saturated rings.